The minimum absolute atomic E-state index is 0.0282. The van der Waals surface area contributed by atoms with Crippen LogP contribution < -0.4 is 0 Å². The first-order valence-corrected chi connectivity index (χ1v) is 11.0. The highest BCUT2D eigenvalue weighted by molar-refractivity contribution is 6.13. The van der Waals surface area contributed by atoms with Crippen LogP contribution in [0.4, 0.5) is 0 Å². The second kappa shape index (κ2) is 5.86. The second-order valence-electron chi connectivity index (χ2n) is 11.5. The van der Waals surface area contributed by atoms with E-state index in [-0.39, 0.29) is 39.4 Å². The third kappa shape index (κ3) is 2.35. The molecule has 0 radical (unpaired) electrons. The van der Waals surface area contributed by atoms with Gasteiger partial charge in [0.25, 0.3) is 0 Å². The first-order valence-electron chi connectivity index (χ1n) is 11.0. The van der Waals surface area contributed by atoms with Crippen LogP contribution in [-0.2, 0) is 19.1 Å². The zero-order valence-electron chi connectivity index (χ0n) is 18.4. The van der Waals surface area contributed by atoms with Crippen molar-refractivity contribution in [1.82, 2.24) is 0 Å². The summed E-state index contributed by atoms with van der Waals surface area (Å²) in [4.78, 5) is 25.4. The molecule has 4 nitrogen and oxygen atoms in total. The van der Waals surface area contributed by atoms with Crippen LogP contribution >= 0.6 is 0 Å². The summed E-state index contributed by atoms with van der Waals surface area (Å²) < 4.78 is 11.6. The van der Waals surface area contributed by atoms with Crippen LogP contribution in [0.5, 0.6) is 0 Å². The average Bonchev–Trinajstić information content (AvgIpc) is 3.12. The summed E-state index contributed by atoms with van der Waals surface area (Å²) in [5.74, 6) is -0.0576. The Morgan fingerprint density at radius 2 is 1.11 bits per heavy atom. The number of ether oxygens (including phenoxy) is 2. The normalized spacial score (nSPS) is 44.5. The van der Waals surface area contributed by atoms with E-state index in [9.17, 15) is 9.59 Å². The number of carbonyl (C=O) groups is 2. The van der Waals surface area contributed by atoms with Gasteiger partial charge in [-0.05, 0) is 61.2 Å². The number of hydrogen-bond acceptors (Lipinski definition) is 4. The summed E-state index contributed by atoms with van der Waals surface area (Å²) >= 11 is 0. The predicted molar refractivity (Wildman–Crippen MR) is 107 cm³/mol. The molecule has 4 bridgehead atoms. The SMILES string of the molecule is C=C(C(=O)OC1C[C@H]2CC[C@@]1(C)C2(C)C)C(=O)OC1C[C@H]2CC[C@@]1(C)C2(C)C. The Morgan fingerprint density at radius 3 is 1.36 bits per heavy atom. The summed E-state index contributed by atoms with van der Waals surface area (Å²) in [6.45, 7) is 17.3. The summed E-state index contributed by atoms with van der Waals surface area (Å²) in [5.41, 5.74) is 0.0964. The van der Waals surface area contributed by atoms with Crippen molar-refractivity contribution in [2.24, 2.45) is 33.5 Å². The standard InChI is InChI=1S/C24H36O4/c1-14(19(25)27-17-12-15-8-10-23(17,6)21(15,2)3)20(26)28-18-13-16-9-11-24(18,7)22(16,4)5/h15-18H,1,8-13H2,2-7H3/t15-,16-,17?,18?,23-,24-/m1/s1. The Balaban J connectivity index is 1.39. The van der Waals surface area contributed by atoms with E-state index in [2.05, 4.69) is 48.1 Å². The highest BCUT2D eigenvalue weighted by Crippen LogP contribution is 2.67. The summed E-state index contributed by atoms with van der Waals surface area (Å²) in [6.07, 6.45) is 6.00. The lowest BCUT2D eigenvalue weighted by Crippen LogP contribution is -2.40. The topological polar surface area (TPSA) is 52.6 Å². The van der Waals surface area contributed by atoms with E-state index in [1.807, 2.05) is 0 Å². The summed E-state index contributed by atoms with van der Waals surface area (Å²) in [6, 6.07) is 0. The molecule has 0 amide bonds. The van der Waals surface area contributed by atoms with Crippen molar-refractivity contribution in [3.05, 3.63) is 12.2 Å². The molecule has 4 rings (SSSR count). The van der Waals surface area contributed by atoms with Crippen LogP contribution in [0, 0.1) is 33.5 Å². The van der Waals surface area contributed by atoms with Crippen LogP contribution in [0.1, 0.15) is 80.1 Å². The smallest absolute Gasteiger partial charge is 0.345 e. The van der Waals surface area contributed by atoms with Gasteiger partial charge in [0.05, 0.1) is 0 Å². The lowest BCUT2D eigenvalue weighted by Gasteiger charge is -2.39. The van der Waals surface area contributed by atoms with Gasteiger partial charge < -0.3 is 9.47 Å². The molecule has 4 saturated carbocycles. The van der Waals surface area contributed by atoms with Crippen molar-refractivity contribution in [2.75, 3.05) is 0 Å². The maximum atomic E-state index is 12.7. The molecule has 0 aromatic rings. The Kier molecular flexibility index (Phi) is 4.18. The number of hydrogen-bond donors (Lipinski definition) is 0. The Bertz CT molecular complexity index is 675. The molecular formula is C24H36O4. The van der Waals surface area contributed by atoms with E-state index >= 15 is 0 Å². The maximum Gasteiger partial charge on any atom is 0.345 e. The number of fused-ring (bicyclic) bond motifs is 4. The van der Waals surface area contributed by atoms with E-state index < -0.39 is 11.9 Å². The van der Waals surface area contributed by atoms with E-state index in [4.69, 9.17) is 9.47 Å². The molecule has 0 aromatic carbocycles. The highest BCUT2D eigenvalue weighted by atomic mass is 16.6. The molecule has 6 atom stereocenters. The summed E-state index contributed by atoms with van der Waals surface area (Å²) in [5, 5.41) is 0. The van der Waals surface area contributed by atoms with E-state index in [0.717, 1.165) is 25.7 Å². The summed E-state index contributed by atoms with van der Waals surface area (Å²) in [7, 11) is 0. The lowest BCUT2D eigenvalue weighted by atomic mass is 9.70. The van der Waals surface area contributed by atoms with Crippen LogP contribution in [0.15, 0.2) is 12.2 Å². The van der Waals surface area contributed by atoms with Gasteiger partial charge in [-0.3, -0.25) is 0 Å². The zero-order valence-corrected chi connectivity index (χ0v) is 18.4. The van der Waals surface area contributed by atoms with E-state index in [1.165, 1.54) is 12.8 Å². The van der Waals surface area contributed by atoms with Gasteiger partial charge >= 0.3 is 11.9 Å². The number of carbonyl (C=O) groups excluding carboxylic acids is 2. The van der Waals surface area contributed by atoms with E-state index in [0.29, 0.717) is 11.8 Å². The van der Waals surface area contributed by atoms with Gasteiger partial charge in [-0.1, -0.05) is 48.1 Å². The van der Waals surface area contributed by atoms with Crippen molar-refractivity contribution in [3.8, 4) is 0 Å². The minimum Gasteiger partial charge on any atom is -0.458 e. The van der Waals surface area contributed by atoms with Crippen LogP contribution in [0.25, 0.3) is 0 Å². The lowest BCUT2D eigenvalue weighted by molar-refractivity contribution is -0.160. The van der Waals surface area contributed by atoms with Gasteiger partial charge in [0.1, 0.15) is 17.8 Å². The van der Waals surface area contributed by atoms with Gasteiger partial charge in [-0.25, -0.2) is 9.59 Å². The molecule has 0 aromatic heterocycles. The third-order valence-electron chi connectivity index (χ3n) is 10.4. The predicted octanol–water partition coefficient (Wildman–Crippen LogP) is 5.06. The second-order valence-corrected chi connectivity index (χ2v) is 11.5. The molecule has 4 fully saturated rings. The van der Waals surface area contributed by atoms with Crippen LogP contribution in [-0.4, -0.2) is 24.1 Å². The van der Waals surface area contributed by atoms with Crippen molar-refractivity contribution >= 4 is 11.9 Å². The molecule has 0 N–H and O–H groups in total. The van der Waals surface area contributed by atoms with Gasteiger partial charge in [0.15, 0.2) is 0 Å². The molecule has 0 saturated heterocycles. The molecule has 0 heterocycles. The molecule has 156 valence electrons. The Labute approximate surface area is 169 Å². The van der Waals surface area contributed by atoms with Crippen molar-refractivity contribution < 1.29 is 19.1 Å². The van der Waals surface area contributed by atoms with Gasteiger partial charge in [0.2, 0.25) is 0 Å². The fourth-order valence-electron chi connectivity index (χ4n) is 7.10. The highest BCUT2D eigenvalue weighted by Gasteiger charge is 2.64. The largest absolute Gasteiger partial charge is 0.458 e. The fourth-order valence-corrected chi connectivity index (χ4v) is 7.10. The number of rotatable bonds is 4. The maximum absolute atomic E-state index is 12.7. The van der Waals surface area contributed by atoms with Gasteiger partial charge in [-0.2, -0.15) is 0 Å². The third-order valence-corrected chi connectivity index (χ3v) is 10.4. The fraction of sp³-hybridized carbons (Fsp3) is 0.833. The average molecular weight is 389 g/mol. The zero-order chi connectivity index (χ0) is 20.7. The Morgan fingerprint density at radius 1 is 0.750 bits per heavy atom. The number of esters is 2. The minimum atomic E-state index is -0.604. The van der Waals surface area contributed by atoms with Crippen molar-refractivity contribution in [2.45, 2.75) is 92.3 Å². The first-order chi connectivity index (χ1) is 12.8. The van der Waals surface area contributed by atoms with Gasteiger partial charge in [-0.15, -0.1) is 0 Å². The quantitative estimate of drug-likeness (QED) is 0.292. The molecular weight excluding hydrogens is 352 g/mol. The van der Waals surface area contributed by atoms with Crippen LogP contribution in [0.2, 0.25) is 0 Å². The molecule has 0 spiro atoms. The van der Waals surface area contributed by atoms with Crippen molar-refractivity contribution in [3.63, 3.8) is 0 Å². The first kappa shape index (κ1) is 20.0. The molecule has 4 aliphatic carbocycles. The molecule has 4 aliphatic rings. The molecule has 0 aliphatic heterocycles. The Hall–Kier alpha value is -1.32. The van der Waals surface area contributed by atoms with Crippen molar-refractivity contribution in [1.29, 1.82) is 0 Å². The monoisotopic (exact) mass is 388 g/mol. The molecule has 4 heteroatoms. The van der Waals surface area contributed by atoms with E-state index in [1.54, 1.807) is 0 Å². The molecule has 2 unspecified atom stereocenters. The van der Waals surface area contributed by atoms with Gasteiger partial charge in [0, 0.05) is 10.8 Å². The molecule has 28 heavy (non-hydrogen) atoms. The van der Waals surface area contributed by atoms with Crippen LogP contribution in [0.3, 0.4) is 0 Å².